The Morgan fingerprint density at radius 3 is 2.19 bits per heavy atom. The lowest BCUT2D eigenvalue weighted by molar-refractivity contribution is 0.0946. The lowest BCUT2D eigenvalue weighted by atomic mass is 9.98. The molecule has 2 rings (SSSR count). The van der Waals surface area contributed by atoms with Crippen LogP contribution in [0.3, 0.4) is 0 Å². The van der Waals surface area contributed by atoms with Crippen LogP contribution in [0.15, 0.2) is 24.3 Å². The molecule has 0 unspecified atom stereocenters. The van der Waals surface area contributed by atoms with Crippen LogP contribution in [0.1, 0.15) is 69.2 Å². The average Bonchev–Trinajstić information content (AvgIpc) is 2.92. The zero-order chi connectivity index (χ0) is 19.4. The van der Waals surface area contributed by atoms with E-state index in [1.165, 1.54) is 0 Å². The first-order valence-electron chi connectivity index (χ1n) is 9.36. The molecule has 1 aromatic carbocycles. The topological polar surface area (TPSA) is 46.9 Å². The number of carbonyl (C=O) groups is 1. The molecule has 0 bridgehead atoms. The third kappa shape index (κ3) is 4.88. The second kappa shape index (κ2) is 8.72. The van der Waals surface area contributed by atoms with E-state index < -0.39 is 0 Å². The summed E-state index contributed by atoms with van der Waals surface area (Å²) in [5.74, 6) is 0.957. The summed E-state index contributed by atoms with van der Waals surface area (Å²) in [5, 5.41) is 8.58. The Kier molecular flexibility index (Phi) is 6.87. The molecule has 0 aliphatic carbocycles. The van der Waals surface area contributed by atoms with Gasteiger partial charge in [-0.3, -0.25) is 4.79 Å². The molecule has 0 aliphatic heterocycles. The van der Waals surface area contributed by atoms with Gasteiger partial charge in [-0.1, -0.05) is 53.1 Å². The predicted molar refractivity (Wildman–Crippen MR) is 108 cm³/mol. The number of benzene rings is 1. The van der Waals surface area contributed by atoms with Crippen LogP contribution in [0.5, 0.6) is 0 Å². The molecule has 5 heteroatoms. The molecule has 26 heavy (non-hydrogen) atoms. The first-order valence-corrected chi connectivity index (χ1v) is 9.74. The van der Waals surface area contributed by atoms with E-state index in [0.717, 1.165) is 29.1 Å². The van der Waals surface area contributed by atoms with Crippen molar-refractivity contribution in [2.24, 2.45) is 11.8 Å². The third-order valence-electron chi connectivity index (χ3n) is 4.11. The van der Waals surface area contributed by atoms with Gasteiger partial charge >= 0.3 is 0 Å². The van der Waals surface area contributed by atoms with E-state index >= 15 is 0 Å². The van der Waals surface area contributed by atoms with Crippen LogP contribution in [0.25, 0.3) is 5.69 Å². The summed E-state index contributed by atoms with van der Waals surface area (Å²) >= 11 is 6.03. The molecule has 0 radical (unpaired) electrons. The number of nitrogens with one attached hydrogen (secondary N) is 1. The molecule has 0 aliphatic rings. The molecule has 1 N–H and O–H groups in total. The van der Waals surface area contributed by atoms with Crippen molar-refractivity contribution < 1.29 is 4.79 Å². The monoisotopic (exact) mass is 375 g/mol. The highest BCUT2D eigenvalue weighted by atomic mass is 35.5. The normalized spacial score (nSPS) is 11.6. The van der Waals surface area contributed by atoms with E-state index in [1.807, 2.05) is 28.9 Å². The van der Waals surface area contributed by atoms with Crippen molar-refractivity contribution in [2.75, 3.05) is 6.54 Å². The second-order valence-electron chi connectivity index (χ2n) is 7.95. The number of amides is 1. The van der Waals surface area contributed by atoms with Crippen LogP contribution in [0.2, 0.25) is 5.02 Å². The van der Waals surface area contributed by atoms with Gasteiger partial charge in [-0.25, -0.2) is 4.68 Å². The molecule has 0 saturated carbocycles. The average molecular weight is 376 g/mol. The molecule has 2 aromatic rings. The van der Waals surface area contributed by atoms with Crippen molar-refractivity contribution in [3.8, 4) is 5.69 Å². The molecule has 0 fully saturated rings. The van der Waals surface area contributed by atoms with Crippen molar-refractivity contribution in [3.63, 3.8) is 0 Å². The Balaban J connectivity index is 2.58. The Morgan fingerprint density at radius 2 is 1.69 bits per heavy atom. The molecule has 1 aromatic heterocycles. The summed E-state index contributed by atoms with van der Waals surface area (Å²) in [4.78, 5) is 13.0. The molecular weight excluding hydrogens is 346 g/mol. The quantitative estimate of drug-likeness (QED) is 0.719. The molecule has 0 saturated heterocycles. The van der Waals surface area contributed by atoms with Crippen molar-refractivity contribution in [3.05, 3.63) is 46.2 Å². The minimum Gasteiger partial charge on any atom is -0.352 e. The van der Waals surface area contributed by atoms with Gasteiger partial charge in [-0.05, 0) is 48.4 Å². The highest BCUT2D eigenvalue weighted by Gasteiger charge is 2.26. The number of carbonyl (C=O) groups excluding carboxylic acids is 1. The van der Waals surface area contributed by atoms with Gasteiger partial charge in [0.05, 0.1) is 22.6 Å². The van der Waals surface area contributed by atoms with Crippen molar-refractivity contribution >= 4 is 17.5 Å². The lowest BCUT2D eigenvalue weighted by Gasteiger charge is -2.14. The van der Waals surface area contributed by atoms with Crippen LogP contribution in [-0.4, -0.2) is 22.2 Å². The van der Waals surface area contributed by atoms with E-state index in [9.17, 15) is 4.79 Å². The largest absolute Gasteiger partial charge is 0.352 e. The zero-order valence-corrected chi connectivity index (χ0v) is 17.4. The smallest absolute Gasteiger partial charge is 0.255 e. The fraction of sp³-hybridized carbons (Fsp3) is 0.524. The number of hydrogen-bond acceptors (Lipinski definition) is 2. The lowest BCUT2D eigenvalue weighted by Crippen LogP contribution is -2.29. The van der Waals surface area contributed by atoms with E-state index in [0.29, 0.717) is 23.4 Å². The molecule has 1 amide bonds. The van der Waals surface area contributed by atoms with Crippen molar-refractivity contribution in [2.45, 2.75) is 53.9 Å². The summed E-state index contributed by atoms with van der Waals surface area (Å²) < 4.78 is 1.91. The maximum Gasteiger partial charge on any atom is 0.255 e. The van der Waals surface area contributed by atoms with E-state index in [1.54, 1.807) is 0 Å². The third-order valence-corrected chi connectivity index (χ3v) is 4.36. The van der Waals surface area contributed by atoms with Crippen LogP contribution in [0.4, 0.5) is 0 Å². The fourth-order valence-corrected chi connectivity index (χ4v) is 3.08. The molecule has 0 spiro atoms. The summed E-state index contributed by atoms with van der Waals surface area (Å²) in [6.45, 7) is 13.3. The number of hydrogen-bond donors (Lipinski definition) is 1. The van der Waals surface area contributed by atoms with Gasteiger partial charge in [0.15, 0.2) is 0 Å². The Morgan fingerprint density at radius 1 is 1.08 bits per heavy atom. The summed E-state index contributed by atoms with van der Waals surface area (Å²) in [5.41, 5.74) is 3.46. The number of aromatic nitrogens is 2. The minimum absolute atomic E-state index is 0.0294. The number of halogens is 1. The summed E-state index contributed by atoms with van der Waals surface area (Å²) in [6.07, 6.45) is 0.769. The van der Waals surface area contributed by atoms with Crippen molar-refractivity contribution in [1.82, 2.24) is 15.1 Å². The molecule has 142 valence electrons. The fourth-order valence-electron chi connectivity index (χ4n) is 2.95. The summed E-state index contributed by atoms with van der Waals surface area (Å²) in [6, 6.07) is 7.58. The SMILES string of the molecule is CC(C)CNC(=O)c1c(CC(C)C)nn(-c2ccc(Cl)cc2)c1C(C)C. The zero-order valence-electron chi connectivity index (χ0n) is 16.6. The second-order valence-corrected chi connectivity index (χ2v) is 8.39. The predicted octanol–water partition coefficient (Wildman–Crippen LogP) is 5.23. The van der Waals surface area contributed by atoms with Crippen LogP contribution in [0, 0.1) is 11.8 Å². The number of rotatable bonds is 7. The standard InChI is InChI=1S/C21H30ClN3O/c1-13(2)11-18-19(21(26)23-12-14(3)4)20(15(5)6)25(24-18)17-9-7-16(22)8-10-17/h7-10,13-15H,11-12H2,1-6H3,(H,23,26). The maximum absolute atomic E-state index is 13.0. The van der Waals surface area contributed by atoms with Gasteiger partial charge in [0.1, 0.15) is 0 Å². The minimum atomic E-state index is -0.0294. The molecule has 0 atom stereocenters. The van der Waals surface area contributed by atoms with E-state index in [2.05, 4.69) is 46.9 Å². The van der Waals surface area contributed by atoms with Gasteiger partial charge in [0.25, 0.3) is 5.91 Å². The molecular formula is C21H30ClN3O. The van der Waals surface area contributed by atoms with Gasteiger partial charge in [-0.2, -0.15) is 5.10 Å². The van der Waals surface area contributed by atoms with Gasteiger partial charge in [-0.15, -0.1) is 0 Å². The van der Waals surface area contributed by atoms with Gasteiger partial charge in [0, 0.05) is 11.6 Å². The maximum atomic E-state index is 13.0. The highest BCUT2D eigenvalue weighted by molar-refractivity contribution is 6.30. The van der Waals surface area contributed by atoms with Crippen LogP contribution >= 0.6 is 11.6 Å². The van der Waals surface area contributed by atoms with Gasteiger partial charge < -0.3 is 5.32 Å². The highest BCUT2D eigenvalue weighted by Crippen LogP contribution is 2.28. The Hall–Kier alpha value is -1.81. The summed E-state index contributed by atoms with van der Waals surface area (Å²) in [7, 11) is 0. The van der Waals surface area contributed by atoms with Crippen LogP contribution in [-0.2, 0) is 6.42 Å². The Bertz CT molecular complexity index is 745. The first kappa shape index (κ1) is 20.5. The first-order chi connectivity index (χ1) is 12.2. The molecule has 4 nitrogen and oxygen atoms in total. The van der Waals surface area contributed by atoms with E-state index in [4.69, 9.17) is 16.7 Å². The number of nitrogens with zero attached hydrogens (tertiary/aromatic N) is 2. The van der Waals surface area contributed by atoms with Gasteiger partial charge in [0.2, 0.25) is 0 Å². The van der Waals surface area contributed by atoms with E-state index in [-0.39, 0.29) is 11.8 Å². The molecule has 1 heterocycles. The Labute approximate surface area is 161 Å². The van der Waals surface area contributed by atoms with Crippen molar-refractivity contribution in [1.29, 1.82) is 0 Å². The van der Waals surface area contributed by atoms with Crippen LogP contribution < -0.4 is 5.32 Å².